The van der Waals surface area contributed by atoms with E-state index in [2.05, 4.69) is 5.32 Å². The summed E-state index contributed by atoms with van der Waals surface area (Å²) in [6.45, 7) is 4.15. The molecule has 0 unspecified atom stereocenters. The summed E-state index contributed by atoms with van der Waals surface area (Å²) in [5.41, 5.74) is -1.04. The van der Waals surface area contributed by atoms with Crippen LogP contribution in [-0.2, 0) is 16.1 Å². The van der Waals surface area contributed by atoms with Gasteiger partial charge in [-0.25, -0.2) is 4.39 Å². The van der Waals surface area contributed by atoms with Crippen LogP contribution in [0.2, 0.25) is 0 Å². The molecule has 1 heterocycles. The SMILES string of the molecule is CCOc1ccc(CNC(=O)[C@@]2(O)CCCN(C(C)=O)C2)cc1F. The molecule has 24 heavy (non-hydrogen) atoms. The van der Waals surface area contributed by atoms with Gasteiger partial charge in [0.2, 0.25) is 5.91 Å². The zero-order valence-corrected chi connectivity index (χ0v) is 14.0. The van der Waals surface area contributed by atoms with Crippen molar-refractivity contribution in [3.8, 4) is 5.75 Å². The molecule has 0 spiro atoms. The first-order chi connectivity index (χ1) is 11.4. The van der Waals surface area contributed by atoms with Crippen molar-refractivity contribution in [2.75, 3.05) is 19.7 Å². The summed E-state index contributed by atoms with van der Waals surface area (Å²) < 4.78 is 18.9. The van der Waals surface area contributed by atoms with Crippen LogP contribution in [0.3, 0.4) is 0 Å². The lowest BCUT2D eigenvalue weighted by atomic mass is 9.91. The van der Waals surface area contributed by atoms with Gasteiger partial charge in [-0.15, -0.1) is 0 Å². The zero-order valence-electron chi connectivity index (χ0n) is 14.0. The van der Waals surface area contributed by atoms with E-state index in [-0.39, 0.29) is 24.7 Å². The highest BCUT2D eigenvalue weighted by molar-refractivity contribution is 5.86. The van der Waals surface area contributed by atoms with Crippen molar-refractivity contribution in [1.29, 1.82) is 0 Å². The van der Waals surface area contributed by atoms with Gasteiger partial charge in [0, 0.05) is 20.0 Å². The van der Waals surface area contributed by atoms with E-state index < -0.39 is 17.3 Å². The quantitative estimate of drug-likeness (QED) is 0.846. The van der Waals surface area contributed by atoms with E-state index in [4.69, 9.17) is 4.74 Å². The number of β-amino-alcohol motifs (C(OH)–C–C–N with tert-alkyl or cyclic N) is 1. The van der Waals surface area contributed by atoms with E-state index in [1.807, 2.05) is 0 Å². The lowest BCUT2D eigenvalue weighted by molar-refractivity contribution is -0.150. The molecule has 2 amide bonds. The Hall–Kier alpha value is -2.15. The smallest absolute Gasteiger partial charge is 0.254 e. The van der Waals surface area contributed by atoms with Crippen molar-refractivity contribution in [2.24, 2.45) is 0 Å². The molecule has 1 aliphatic rings. The van der Waals surface area contributed by atoms with Gasteiger partial charge in [0.15, 0.2) is 17.2 Å². The maximum atomic E-state index is 13.8. The molecule has 1 atom stereocenters. The second-order valence-corrected chi connectivity index (χ2v) is 5.96. The molecule has 2 N–H and O–H groups in total. The lowest BCUT2D eigenvalue weighted by Gasteiger charge is -2.37. The van der Waals surface area contributed by atoms with E-state index in [1.54, 1.807) is 13.0 Å². The number of hydrogen-bond donors (Lipinski definition) is 2. The van der Waals surface area contributed by atoms with Gasteiger partial charge in [0.1, 0.15) is 0 Å². The number of carbonyl (C=O) groups is 2. The van der Waals surface area contributed by atoms with Crippen molar-refractivity contribution in [3.63, 3.8) is 0 Å². The van der Waals surface area contributed by atoms with Gasteiger partial charge >= 0.3 is 0 Å². The first kappa shape index (κ1) is 18.2. The maximum Gasteiger partial charge on any atom is 0.254 e. The van der Waals surface area contributed by atoms with Crippen molar-refractivity contribution >= 4 is 11.8 Å². The van der Waals surface area contributed by atoms with E-state index in [0.29, 0.717) is 31.6 Å². The topological polar surface area (TPSA) is 78.9 Å². The number of halogens is 1. The number of ether oxygens (including phenoxy) is 1. The Morgan fingerprint density at radius 2 is 2.21 bits per heavy atom. The number of nitrogens with zero attached hydrogens (tertiary/aromatic N) is 1. The monoisotopic (exact) mass is 338 g/mol. The van der Waals surface area contributed by atoms with Crippen LogP contribution in [0, 0.1) is 5.82 Å². The van der Waals surface area contributed by atoms with Crippen LogP contribution < -0.4 is 10.1 Å². The summed E-state index contributed by atoms with van der Waals surface area (Å²) in [5, 5.41) is 13.1. The van der Waals surface area contributed by atoms with Gasteiger partial charge in [0.05, 0.1) is 13.2 Å². The summed E-state index contributed by atoms with van der Waals surface area (Å²) >= 11 is 0. The molecule has 0 aliphatic carbocycles. The number of nitrogens with one attached hydrogen (secondary N) is 1. The minimum absolute atomic E-state index is 0.0220. The molecular formula is C17H23FN2O4. The van der Waals surface area contributed by atoms with Crippen LogP contribution in [0.15, 0.2) is 18.2 Å². The van der Waals surface area contributed by atoms with E-state index in [1.165, 1.54) is 24.0 Å². The van der Waals surface area contributed by atoms with Gasteiger partial charge in [0.25, 0.3) is 5.91 Å². The number of likely N-dealkylation sites (tertiary alicyclic amines) is 1. The summed E-state index contributed by atoms with van der Waals surface area (Å²) in [7, 11) is 0. The fourth-order valence-electron chi connectivity index (χ4n) is 2.76. The first-order valence-electron chi connectivity index (χ1n) is 8.03. The lowest BCUT2D eigenvalue weighted by Crippen LogP contribution is -2.57. The van der Waals surface area contributed by atoms with Crippen LogP contribution in [0.1, 0.15) is 32.3 Å². The van der Waals surface area contributed by atoms with Crippen molar-refractivity contribution in [3.05, 3.63) is 29.6 Å². The Morgan fingerprint density at radius 1 is 1.46 bits per heavy atom. The molecule has 0 bridgehead atoms. The Labute approximate surface area is 140 Å². The van der Waals surface area contributed by atoms with Gasteiger partial charge in [-0.1, -0.05) is 6.07 Å². The number of benzene rings is 1. The van der Waals surface area contributed by atoms with Crippen LogP contribution in [0.4, 0.5) is 4.39 Å². The highest BCUT2D eigenvalue weighted by Crippen LogP contribution is 2.22. The van der Waals surface area contributed by atoms with Crippen LogP contribution in [-0.4, -0.2) is 47.1 Å². The Morgan fingerprint density at radius 3 is 2.83 bits per heavy atom. The molecule has 2 rings (SSSR count). The second-order valence-electron chi connectivity index (χ2n) is 5.96. The average molecular weight is 338 g/mol. The van der Waals surface area contributed by atoms with Crippen LogP contribution >= 0.6 is 0 Å². The largest absolute Gasteiger partial charge is 0.491 e. The standard InChI is InChI=1S/C17H23FN2O4/c1-3-24-15-6-5-13(9-14(15)18)10-19-16(22)17(23)7-4-8-20(11-17)12(2)21/h5-6,9,23H,3-4,7-8,10-11H2,1-2H3,(H,19,22)/t17-/m1/s1. The fraction of sp³-hybridized carbons (Fsp3) is 0.529. The minimum atomic E-state index is -1.60. The van der Waals surface area contributed by atoms with E-state index in [9.17, 15) is 19.1 Å². The normalized spacial score (nSPS) is 20.6. The van der Waals surface area contributed by atoms with E-state index in [0.717, 1.165) is 0 Å². The summed E-state index contributed by atoms with van der Waals surface area (Å²) in [6, 6.07) is 4.45. The molecule has 1 saturated heterocycles. The minimum Gasteiger partial charge on any atom is -0.491 e. The number of carbonyl (C=O) groups excluding carboxylic acids is 2. The number of piperidine rings is 1. The van der Waals surface area contributed by atoms with Gasteiger partial charge in [-0.05, 0) is 37.5 Å². The highest BCUT2D eigenvalue weighted by atomic mass is 19.1. The molecule has 0 radical (unpaired) electrons. The van der Waals surface area contributed by atoms with Crippen LogP contribution in [0.5, 0.6) is 5.75 Å². The second kappa shape index (κ2) is 7.61. The molecule has 0 saturated carbocycles. The predicted molar refractivity (Wildman–Crippen MR) is 85.9 cm³/mol. The molecule has 0 aromatic heterocycles. The van der Waals surface area contributed by atoms with Crippen molar-refractivity contribution in [1.82, 2.24) is 10.2 Å². The van der Waals surface area contributed by atoms with Gasteiger partial charge < -0.3 is 20.1 Å². The third-order valence-corrected chi connectivity index (χ3v) is 4.09. The third kappa shape index (κ3) is 4.23. The predicted octanol–water partition coefficient (Wildman–Crippen LogP) is 1.21. The summed E-state index contributed by atoms with van der Waals surface area (Å²) in [5.74, 6) is -1.06. The van der Waals surface area contributed by atoms with Crippen LogP contribution in [0.25, 0.3) is 0 Å². The first-order valence-corrected chi connectivity index (χ1v) is 8.03. The molecule has 1 fully saturated rings. The van der Waals surface area contributed by atoms with Crippen molar-refractivity contribution in [2.45, 2.75) is 38.8 Å². The number of aliphatic hydroxyl groups is 1. The molecular weight excluding hydrogens is 315 g/mol. The number of amides is 2. The summed E-state index contributed by atoms with van der Waals surface area (Å²) in [6.07, 6.45) is 0.849. The van der Waals surface area contributed by atoms with Crippen molar-refractivity contribution < 1.29 is 23.8 Å². The number of rotatable bonds is 5. The third-order valence-electron chi connectivity index (χ3n) is 4.09. The zero-order chi connectivity index (χ0) is 17.7. The fourth-order valence-corrected chi connectivity index (χ4v) is 2.76. The highest BCUT2D eigenvalue weighted by Gasteiger charge is 2.40. The maximum absolute atomic E-state index is 13.8. The molecule has 1 aliphatic heterocycles. The Balaban J connectivity index is 1.97. The molecule has 132 valence electrons. The summed E-state index contributed by atoms with van der Waals surface area (Å²) in [4.78, 5) is 25.2. The Kier molecular flexibility index (Phi) is 5.77. The number of hydrogen-bond acceptors (Lipinski definition) is 4. The van der Waals surface area contributed by atoms with E-state index >= 15 is 0 Å². The van der Waals surface area contributed by atoms with Gasteiger partial charge in [-0.3, -0.25) is 9.59 Å². The molecule has 6 nitrogen and oxygen atoms in total. The molecule has 7 heteroatoms. The average Bonchev–Trinajstić information content (AvgIpc) is 2.55. The van der Waals surface area contributed by atoms with Gasteiger partial charge in [-0.2, -0.15) is 0 Å². The molecule has 1 aromatic rings. The Bertz CT molecular complexity index is 623. The molecule has 1 aromatic carbocycles.